The molecule has 2 fully saturated rings. The maximum Gasteiger partial charge on any atom is 0.227 e. The van der Waals surface area contributed by atoms with Gasteiger partial charge >= 0.3 is 0 Å². The highest BCUT2D eigenvalue weighted by Crippen LogP contribution is 2.34. The molecule has 3 aliphatic rings. The van der Waals surface area contributed by atoms with Crippen LogP contribution >= 0.6 is 0 Å². The Morgan fingerprint density at radius 1 is 1.06 bits per heavy atom. The van der Waals surface area contributed by atoms with Gasteiger partial charge in [0.15, 0.2) is 0 Å². The van der Waals surface area contributed by atoms with Gasteiger partial charge in [-0.1, -0.05) is 30.3 Å². The Hall–Kier alpha value is -2.48. The summed E-state index contributed by atoms with van der Waals surface area (Å²) in [7, 11) is 0.775. The molecular formula is C23H29N5O2S. The monoisotopic (exact) mass is 439 g/mol. The zero-order valence-corrected chi connectivity index (χ0v) is 18.7. The van der Waals surface area contributed by atoms with Gasteiger partial charge in [-0.15, -0.1) is 0 Å². The number of anilines is 2. The fraction of sp³-hybridized carbons (Fsp3) is 0.522. The fourth-order valence-electron chi connectivity index (χ4n) is 4.88. The fourth-order valence-corrected chi connectivity index (χ4v) is 6.20. The van der Waals surface area contributed by atoms with Crippen LogP contribution in [0.3, 0.4) is 0 Å². The van der Waals surface area contributed by atoms with E-state index in [4.69, 9.17) is 9.97 Å². The number of benzene rings is 1. The first kappa shape index (κ1) is 20.4. The number of carbonyl (C=O) groups excluding carboxylic acids is 1. The van der Waals surface area contributed by atoms with Crippen LogP contribution in [-0.2, 0) is 22.0 Å². The molecule has 2 saturated heterocycles. The largest absolute Gasteiger partial charge is 0.364 e. The second-order valence-corrected chi connectivity index (χ2v) is 10.3. The van der Waals surface area contributed by atoms with Crippen LogP contribution in [0.4, 0.5) is 11.8 Å². The molecule has 8 heteroatoms. The van der Waals surface area contributed by atoms with Gasteiger partial charge in [-0.25, -0.2) is 4.98 Å². The highest BCUT2D eigenvalue weighted by atomic mass is 32.2. The van der Waals surface area contributed by atoms with E-state index in [9.17, 15) is 9.00 Å². The zero-order valence-electron chi connectivity index (χ0n) is 17.9. The average Bonchev–Trinajstić information content (AvgIpc) is 3.18. The van der Waals surface area contributed by atoms with Crippen LogP contribution in [0.15, 0.2) is 35.2 Å². The molecule has 3 aliphatic heterocycles. The highest BCUT2D eigenvalue weighted by Gasteiger charge is 2.31. The molecule has 1 N–H and O–H groups in total. The third-order valence-electron chi connectivity index (χ3n) is 6.69. The van der Waals surface area contributed by atoms with Gasteiger partial charge in [0.2, 0.25) is 11.9 Å². The zero-order chi connectivity index (χ0) is 21.4. The molecule has 31 heavy (non-hydrogen) atoms. The lowest BCUT2D eigenvalue weighted by Gasteiger charge is -2.33. The lowest BCUT2D eigenvalue weighted by molar-refractivity contribution is -0.132. The molecule has 1 aromatic carbocycles. The molecule has 1 amide bonds. The molecule has 5 rings (SSSR count). The number of rotatable bonds is 4. The van der Waals surface area contributed by atoms with E-state index in [-0.39, 0.29) is 11.9 Å². The number of likely N-dealkylation sites (N-methyl/N-ethyl adjacent to an activating group) is 1. The lowest BCUT2D eigenvalue weighted by atomic mass is 9.90. The van der Waals surface area contributed by atoms with Gasteiger partial charge in [0.1, 0.15) is 10.7 Å². The number of nitrogens with one attached hydrogen (secondary N) is 1. The first-order valence-electron chi connectivity index (χ1n) is 11.2. The summed E-state index contributed by atoms with van der Waals surface area (Å²) in [6.07, 6.45) is 4.19. The maximum atomic E-state index is 12.6. The van der Waals surface area contributed by atoms with E-state index in [2.05, 4.69) is 40.5 Å². The summed E-state index contributed by atoms with van der Waals surface area (Å²) in [6, 6.07) is 10.8. The van der Waals surface area contributed by atoms with Gasteiger partial charge in [0, 0.05) is 51.3 Å². The van der Waals surface area contributed by atoms with Crippen LogP contribution in [0.5, 0.6) is 0 Å². The number of likely N-dealkylation sites (tertiary alicyclic amines) is 1. The molecule has 0 bridgehead atoms. The number of hydrogen-bond donors (Lipinski definition) is 1. The molecule has 0 radical (unpaired) electrons. The molecule has 4 heterocycles. The minimum Gasteiger partial charge on any atom is -0.364 e. The topological polar surface area (TPSA) is 78.4 Å². The van der Waals surface area contributed by atoms with E-state index in [1.807, 2.05) is 7.05 Å². The molecule has 164 valence electrons. The number of nitrogens with zero attached hydrogens (tertiary/aromatic N) is 4. The maximum absolute atomic E-state index is 12.6. The van der Waals surface area contributed by atoms with E-state index in [1.165, 1.54) is 5.56 Å². The molecule has 7 nitrogen and oxygen atoms in total. The number of aromatic nitrogens is 2. The third kappa shape index (κ3) is 4.18. The van der Waals surface area contributed by atoms with Crippen molar-refractivity contribution in [3.05, 3.63) is 41.6 Å². The summed E-state index contributed by atoms with van der Waals surface area (Å²) in [5.41, 5.74) is 2.32. The number of piperidine rings is 2. The molecule has 2 aromatic rings. The Morgan fingerprint density at radius 2 is 1.84 bits per heavy atom. The van der Waals surface area contributed by atoms with Gasteiger partial charge < -0.3 is 15.1 Å². The van der Waals surface area contributed by atoms with Crippen molar-refractivity contribution in [2.75, 3.05) is 42.7 Å². The minimum atomic E-state index is -1.06. The van der Waals surface area contributed by atoms with Crippen LogP contribution in [0.2, 0.25) is 0 Å². The van der Waals surface area contributed by atoms with Crippen molar-refractivity contribution in [2.45, 2.75) is 49.0 Å². The van der Waals surface area contributed by atoms with Crippen molar-refractivity contribution in [3.63, 3.8) is 0 Å². The Bertz CT molecular complexity index is 991. The van der Waals surface area contributed by atoms with Gasteiger partial charge in [0.05, 0.1) is 16.5 Å². The Kier molecular flexibility index (Phi) is 5.65. The van der Waals surface area contributed by atoms with E-state index in [0.29, 0.717) is 30.5 Å². The summed E-state index contributed by atoms with van der Waals surface area (Å²) < 4.78 is 12.6. The quantitative estimate of drug-likeness (QED) is 0.789. The molecule has 0 spiro atoms. The number of fused-ring (bicyclic) bond motifs is 1. The number of aryl methyl sites for hydroxylation is 1. The number of carbonyl (C=O) groups is 1. The third-order valence-corrected chi connectivity index (χ3v) is 8.15. The van der Waals surface area contributed by atoms with Crippen LogP contribution in [0.25, 0.3) is 0 Å². The average molecular weight is 440 g/mol. The molecule has 0 aliphatic carbocycles. The van der Waals surface area contributed by atoms with Gasteiger partial charge in [0.25, 0.3) is 0 Å². The van der Waals surface area contributed by atoms with E-state index in [0.717, 1.165) is 55.3 Å². The summed E-state index contributed by atoms with van der Waals surface area (Å²) in [5.74, 6) is 2.81. The van der Waals surface area contributed by atoms with E-state index < -0.39 is 10.8 Å². The van der Waals surface area contributed by atoms with Crippen molar-refractivity contribution in [1.82, 2.24) is 14.9 Å². The summed E-state index contributed by atoms with van der Waals surface area (Å²) in [6.45, 7) is 2.48. The van der Waals surface area contributed by atoms with Crippen LogP contribution in [0, 0.1) is 0 Å². The predicted octanol–water partition coefficient (Wildman–Crippen LogP) is 2.56. The molecule has 1 aromatic heterocycles. The van der Waals surface area contributed by atoms with Crippen LogP contribution < -0.4 is 10.2 Å². The molecule has 2 atom stereocenters. The summed E-state index contributed by atoms with van der Waals surface area (Å²) in [5, 5.41) is 3.51. The summed E-state index contributed by atoms with van der Waals surface area (Å²) in [4.78, 5) is 26.3. The second-order valence-electron chi connectivity index (χ2n) is 8.77. The van der Waals surface area contributed by atoms with Crippen molar-refractivity contribution in [1.29, 1.82) is 0 Å². The van der Waals surface area contributed by atoms with E-state index >= 15 is 0 Å². The highest BCUT2D eigenvalue weighted by molar-refractivity contribution is 7.85. The van der Waals surface area contributed by atoms with Crippen molar-refractivity contribution < 1.29 is 9.00 Å². The van der Waals surface area contributed by atoms with E-state index in [1.54, 1.807) is 4.90 Å². The molecule has 1 unspecified atom stereocenters. The Balaban J connectivity index is 1.35. The number of hydrogen-bond acceptors (Lipinski definition) is 6. The number of amides is 1. The SMILES string of the molecule is CN1C[C@@H](Nc2nc(N3CCC(c4ccccc4)CC3)nc3c2S(=O)CC3)CCC1=O. The Morgan fingerprint density at radius 3 is 2.58 bits per heavy atom. The normalized spacial score (nSPS) is 24.4. The van der Waals surface area contributed by atoms with Crippen molar-refractivity contribution in [3.8, 4) is 0 Å². The van der Waals surface area contributed by atoms with Crippen LogP contribution in [0.1, 0.15) is 42.9 Å². The predicted molar refractivity (Wildman–Crippen MR) is 122 cm³/mol. The second kappa shape index (κ2) is 8.57. The minimum absolute atomic E-state index is 0.121. The van der Waals surface area contributed by atoms with Crippen molar-refractivity contribution in [2.24, 2.45) is 0 Å². The molecular weight excluding hydrogens is 410 g/mol. The first-order chi connectivity index (χ1) is 15.1. The smallest absolute Gasteiger partial charge is 0.227 e. The van der Waals surface area contributed by atoms with Gasteiger partial charge in [-0.3, -0.25) is 9.00 Å². The first-order valence-corrected chi connectivity index (χ1v) is 12.5. The van der Waals surface area contributed by atoms with Gasteiger partial charge in [-0.05, 0) is 30.7 Å². The lowest BCUT2D eigenvalue weighted by Crippen LogP contribution is -2.43. The standard InChI is InChI=1S/C23H29N5O2S/c1-27-15-18(7-8-20(27)29)24-22-21-19(11-14-31(21)30)25-23(26-22)28-12-9-17(10-13-28)16-5-3-2-4-6-16/h2-6,17-18H,7-15H2,1H3,(H,24,25,26)/t18-,31?/m0/s1. The summed E-state index contributed by atoms with van der Waals surface area (Å²) >= 11 is 0. The Labute approximate surface area is 185 Å². The van der Waals surface area contributed by atoms with Crippen LogP contribution in [-0.4, -0.2) is 63.5 Å². The molecule has 0 saturated carbocycles. The van der Waals surface area contributed by atoms with Gasteiger partial charge in [-0.2, -0.15) is 4.98 Å². The van der Waals surface area contributed by atoms with Crippen molar-refractivity contribution >= 4 is 28.5 Å².